The van der Waals surface area contributed by atoms with Gasteiger partial charge in [0.25, 0.3) is 0 Å². The van der Waals surface area contributed by atoms with Crippen LogP contribution in [0.25, 0.3) is 0 Å². The summed E-state index contributed by atoms with van der Waals surface area (Å²) in [6, 6.07) is 0. The van der Waals surface area contributed by atoms with E-state index in [0.717, 1.165) is 19.1 Å². The van der Waals surface area contributed by atoms with Crippen LogP contribution < -0.4 is 0 Å². The Labute approximate surface area is 89.3 Å². The predicted octanol–water partition coefficient (Wildman–Crippen LogP) is 4.35. The Morgan fingerprint density at radius 1 is 1.00 bits per heavy atom. The molecule has 0 aliphatic heterocycles. The molecule has 0 bridgehead atoms. The van der Waals surface area contributed by atoms with E-state index < -0.39 is 0 Å². The summed E-state index contributed by atoms with van der Waals surface area (Å²) in [5, 5.41) is 0. The minimum Gasteiger partial charge on any atom is -0.303 e. The van der Waals surface area contributed by atoms with Gasteiger partial charge in [-0.25, -0.2) is 0 Å². The summed E-state index contributed by atoms with van der Waals surface area (Å²) in [6.07, 6.45) is 12.4. The molecule has 0 fully saturated rings. The summed E-state index contributed by atoms with van der Waals surface area (Å²) in [5.74, 6) is 0.652. The fourth-order valence-electron chi connectivity index (χ4n) is 1.84. The molecule has 0 saturated heterocycles. The first-order chi connectivity index (χ1) is 6.85. The van der Waals surface area contributed by atoms with Crippen LogP contribution in [0.3, 0.4) is 0 Å². The van der Waals surface area contributed by atoms with Crippen LogP contribution in [0.4, 0.5) is 0 Å². The lowest BCUT2D eigenvalue weighted by Gasteiger charge is -2.10. The first kappa shape index (κ1) is 13.7. The molecule has 0 aliphatic carbocycles. The summed E-state index contributed by atoms with van der Waals surface area (Å²) in [6.45, 7) is 4.43. The topological polar surface area (TPSA) is 17.1 Å². The van der Waals surface area contributed by atoms with E-state index in [4.69, 9.17) is 0 Å². The molecule has 0 spiro atoms. The normalized spacial score (nSPS) is 12.7. The zero-order valence-electron chi connectivity index (χ0n) is 9.93. The van der Waals surface area contributed by atoms with Crippen molar-refractivity contribution in [3.05, 3.63) is 0 Å². The largest absolute Gasteiger partial charge is 0.303 e. The van der Waals surface area contributed by atoms with Crippen molar-refractivity contribution in [1.29, 1.82) is 0 Å². The van der Waals surface area contributed by atoms with Crippen LogP contribution in [0, 0.1) is 5.92 Å². The summed E-state index contributed by atoms with van der Waals surface area (Å²) in [5.41, 5.74) is 0. The smallest absolute Gasteiger partial charge is 0.120 e. The summed E-state index contributed by atoms with van der Waals surface area (Å²) in [4.78, 5) is 10.3. The molecule has 1 nitrogen and oxygen atoms in total. The SMILES string of the molecule is CCCCCCCCC(CC)CC=O. The molecular formula is C13H26O. The van der Waals surface area contributed by atoms with Crippen molar-refractivity contribution >= 4 is 6.29 Å². The van der Waals surface area contributed by atoms with E-state index in [1.807, 2.05) is 0 Å². The van der Waals surface area contributed by atoms with Gasteiger partial charge in [-0.15, -0.1) is 0 Å². The van der Waals surface area contributed by atoms with Gasteiger partial charge in [-0.2, -0.15) is 0 Å². The van der Waals surface area contributed by atoms with Crippen molar-refractivity contribution in [2.24, 2.45) is 5.92 Å². The molecule has 84 valence electrons. The molecular weight excluding hydrogens is 172 g/mol. The lowest BCUT2D eigenvalue weighted by molar-refractivity contribution is -0.108. The molecule has 0 saturated carbocycles. The highest BCUT2D eigenvalue weighted by Gasteiger charge is 2.04. The van der Waals surface area contributed by atoms with Crippen LogP contribution in [-0.4, -0.2) is 6.29 Å². The average molecular weight is 198 g/mol. The van der Waals surface area contributed by atoms with Crippen LogP contribution >= 0.6 is 0 Å². The fraction of sp³-hybridized carbons (Fsp3) is 0.923. The Morgan fingerprint density at radius 3 is 2.21 bits per heavy atom. The van der Waals surface area contributed by atoms with E-state index in [2.05, 4.69) is 13.8 Å². The molecule has 0 N–H and O–H groups in total. The number of hydrogen-bond donors (Lipinski definition) is 0. The van der Waals surface area contributed by atoms with Crippen LogP contribution in [0.15, 0.2) is 0 Å². The minimum absolute atomic E-state index is 0.652. The highest BCUT2D eigenvalue weighted by molar-refractivity contribution is 5.49. The highest BCUT2D eigenvalue weighted by atomic mass is 16.1. The van der Waals surface area contributed by atoms with E-state index in [9.17, 15) is 4.79 Å². The number of unbranched alkanes of at least 4 members (excludes halogenated alkanes) is 5. The monoisotopic (exact) mass is 198 g/mol. The van der Waals surface area contributed by atoms with Gasteiger partial charge in [0.1, 0.15) is 6.29 Å². The van der Waals surface area contributed by atoms with Gasteiger partial charge in [-0.05, 0) is 5.92 Å². The van der Waals surface area contributed by atoms with Crippen molar-refractivity contribution in [3.8, 4) is 0 Å². The number of hydrogen-bond acceptors (Lipinski definition) is 1. The molecule has 0 heterocycles. The fourth-order valence-corrected chi connectivity index (χ4v) is 1.84. The second kappa shape index (κ2) is 10.7. The van der Waals surface area contributed by atoms with Crippen LogP contribution in [0.2, 0.25) is 0 Å². The predicted molar refractivity (Wildman–Crippen MR) is 62.5 cm³/mol. The molecule has 0 rings (SSSR count). The van der Waals surface area contributed by atoms with Crippen LogP contribution in [0.5, 0.6) is 0 Å². The van der Waals surface area contributed by atoms with Gasteiger partial charge in [-0.3, -0.25) is 0 Å². The molecule has 0 aliphatic rings. The Hall–Kier alpha value is -0.330. The van der Waals surface area contributed by atoms with E-state index in [0.29, 0.717) is 5.92 Å². The first-order valence-corrected chi connectivity index (χ1v) is 6.28. The molecule has 1 atom stereocenters. The van der Waals surface area contributed by atoms with Crippen molar-refractivity contribution < 1.29 is 4.79 Å². The van der Waals surface area contributed by atoms with Gasteiger partial charge >= 0.3 is 0 Å². The van der Waals surface area contributed by atoms with E-state index in [1.165, 1.54) is 44.9 Å². The van der Waals surface area contributed by atoms with Gasteiger partial charge in [0.05, 0.1) is 0 Å². The molecule has 14 heavy (non-hydrogen) atoms. The van der Waals surface area contributed by atoms with E-state index >= 15 is 0 Å². The molecule has 0 amide bonds. The molecule has 0 radical (unpaired) electrons. The maximum atomic E-state index is 10.3. The second-order valence-corrected chi connectivity index (χ2v) is 4.23. The molecule has 1 heteroatoms. The molecule has 0 aromatic heterocycles. The molecule has 1 unspecified atom stereocenters. The lowest BCUT2D eigenvalue weighted by Crippen LogP contribution is -1.99. The van der Waals surface area contributed by atoms with Crippen molar-refractivity contribution in [3.63, 3.8) is 0 Å². The Balaban J connectivity index is 3.19. The van der Waals surface area contributed by atoms with Crippen molar-refractivity contribution in [2.75, 3.05) is 0 Å². The number of rotatable bonds is 10. The standard InChI is InChI=1S/C13H26O/c1-3-5-6-7-8-9-10-13(4-2)11-12-14/h12-13H,3-11H2,1-2H3. The van der Waals surface area contributed by atoms with Gasteiger partial charge in [0.2, 0.25) is 0 Å². The first-order valence-electron chi connectivity index (χ1n) is 6.28. The zero-order chi connectivity index (χ0) is 10.6. The van der Waals surface area contributed by atoms with Crippen molar-refractivity contribution in [2.45, 2.75) is 71.6 Å². The van der Waals surface area contributed by atoms with Crippen molar-refractivity contribution in [1.82, 2.24) is 0 Å². The number of carbonyl (C=O) groups excluding carboxylic acids is 1. The lowest BCUT2D eigenvalue weighted by atomic mass is 9.95. The number of aldehydes is 1. The van der Waals surface area contributed by atoms with Gasteiger partial charge in [0.15, 0.2) is 0 Å². The van der Waals surface area contributed by atoms with Crippen LogP contribution in [0.1, 0.15) is 71.6 Å². The summed E-state index contributed by atoms with van der Waals surface area (Å²) < 4.78 is 0. The summed E-state index contributed by atoms with van der Waals surface area (Å²) >= 11 is 0. The third-order valence-corrected chi connectivity index (χ3v) is 2.97. The van der Waals surface area contributed by atoms with Gasteiger partial charge < -0.3 is 4.79 Å². The highest BCUT2D eigenvalue weighted by Crippen LogP contribution is 2.16. The second-order valence-electron chi connectivity index (χ2n) is 4.23. The summed E-state index contributed by atoms with van der Waals surface area (Å²) in [7, 11) is 0. The average Bonchev–Trinajstić information content (AvgIpc) is 2.21. The molecule has 0 aromatic carbocycles. The Bertz CT molecular complexity index is 120. The zero-order valence-corrected chi connectivity index (χ0v) is 9.93. The van der Waals surface area contributed by atoms with E-state index in [1.54, 1.807) is 0 Å². The maximum Gasteiger partial charge on any atom is 0.120 e. The van der Waals surface area contributed by atoms with Gasteiger partial charge in [0, 0.05) is 6.42 Å². The number of carbonyl (C=O) groups is 1. The van der Waals surface area contributed by atoms with E-state index in [-0.39, 0.29) is 0 Å². The van der Waals surface area contributed by atoms with Gasteiger partial charge in [-0.1, -0.05) is 65.2 Å². The Morgan fingerprint density at radius 2 is 1.64 bits per heavy atom. The third-order valence-electron chi connectivity index (χ3n) is 2.97. The minimum atomic E-state index is 0.652. The maximum absolute atomic E-state index is 10.3. The van der Waals surface area contributed by atoms with Crippen LogP contribution in [-0.2, 0) is 4.79 Å². The third kappa shape index (κ3) is 8.28. The quantitative estimate of drug-likeness (QED) is 0.377. The Kier molecular flexibility index (Phi) is 10.5. The molecule has 0 aromatic rings.